The van der Waals surface area contributed by atoms with Gasteiger partial charge in [-0.25, -0.2) is 0 Å². The summed E-state index contributed by atoms with van der Waals surface area (Å²) in [5, 5.41) is 1.47. The number of hydrogen-bond donors (Lipinski definition) is 1. The highest BCUT2D eigenvalue weighted by atomic mass is 35.5. The van der Waals surface area contributed by atoms with Gasteiger partial charge in [0.25, 0.3) is 0 Å². The molecule has 2 aromatic carbocycles. The van der Waals surface area contributed by atoms with Gasteiger partial charge >= 0.3 is 0 Å². The molecule has 0 saturated heterocycles. The van der Waals surface area contributed by atoms with E-state index in [1.165, 1.54) is 7.11 Å². The van der Waals surface area contributed by atoms with Crippen molar-refractivity contribution in [1.29, 1.82) is 0 Å². The van der Waals surface area contributed by atoms with Crippen LogP contribution < -0.4 is 15.2 Å². The second kappa shape index (κ2) is 6.75. The lowest BCUT2D eigenvalue weighted by molar-refractivity contribution is 0.407. The predicted molar refractivity (Wildman–Crippen MR) is 87.0 cm³/mol. The highest BCUT2D eigenvalue weighted by Gasteiger charge is 2.19. The molecule has 0 heterocycles. The summed E-state index contributed by atoms with van der Waals surface area (Å²) in [5.74, 6) is 1.13. The van der Waals surface area contributed by atoms with Crippen molar-refractivity contribution in [3.8, 4) is 11.5 Å². The first-order valence-electron chi connectivity index (χ1n) is 6.10. The van der Waals surface area contributed by atoms with Crippen LogP contribution in [-0.4, -0.2) is 14.2 Å². The van der Waals surface area contributed by atoms with Crippen LogP contribution in [-0.2, 0) is 0 Å². The summed E-state index contributed by atoms with van der Waals surface area (Å²) in [6, 6.07) is 8.05. The summed E-state index contributed by atoms with van der Waals surface area (Å²) in [4.78, 5) is 0. The molecule has 2 aromatic rings. The number of nitrogens with two attached hydrogens (primary N) is 1. The summed E-state index contributed by atoms with van der Waals surface area (Å²) in [6.45, 7) is 0. The molecule has 2 N–H and O–H groups in total. The molecule has 0 aliphatic rings. The second-order valence-corrected chi connectivity index (χ2v) is 5.62. The minimum Gasteiger partial charge on any atom is -0.496 e. The first-order valence-corrected chi connectivity index (χ1v) is 7.23. The van der Waals surface area contributed by atoms with Crippen LogP contribution in [0.3, 0.4) is 0 Å². The molecule has 2 rings (SSSR count). The number of ether oxygens (including phenoxy) is 2. The van der Waals surface area contributed by atoms with E-state index in [4.69, 9.17) is 50.0 Å². The zero-order valence-corrected chi connectivity index (χ0v) is 13.8. The first-order chi connectivity index (χ1) is 9.97. The third kappa shape index (κ3) is 3.38. The van der Waals surface area contributed by atoms with Crippen molar-refractivity contribution in [2.45, 2.75) is 6.04 Å². The maximum absolute atomic E-state index is 6.30. The van der Waals surface area contributed by atoms with E-state index in [-0.39, 0.29) is 0 Å². The summed E-state index contributed by atoms with van der Waals surface area (Å²) in [7, 11) is 3.10. The van der Waals surface area contributed by atoms with Crippen LogP contribution in [0.5, 0.6) is 11.5 Å². The van der Waals surface area contributed by atoms with E-state index < -0.39 is 6.04 Å². The van der Waals surface area contributed by atoms with Gasteiger partial charge in [-0.2, -0.15) is 0 Å². The van der Waals surface area contributed by atoms with Crippen LogP contribution in [0, 0.1) is 0 Å². The number of rotatable bonds is 4. The molecule has 0 fully saturated rings. The van der Waals surface area contributed by atoms with Gasteiger partial charge in [0.15, 0.2) is 0 Å². The van der Waals surface area contributed by atoms with E-state index >= 15 is 0 Å². The molecule has 0 aromatic heterocycles. The monoisotopic (exact) mass is 345 g/mol. The van der Waals surface area contributed by atoms with Gasteiger partial charge in [-0.05, 0) is 29.8 Å². The van der Waals surface area contributed by atoms with Crippen molar-refractivity contribution in [3.05, 3.63) is 56.5 Å². The van der Waals surface area contributed by atoms with E-state index in [1.54, 1.807) is 37.4 Å². The molecule has 112 valence electrons. The molecule has 0 aliphatic carbocycles. The van der Waals surface area contributed by atoms with Crippen molar-refractivity contribution in [2.24, 2.45) is 5.73 Å². The van der Waals surface area contributed by atoms with Crippen LogP contribution in [0.25, 0.3) is 0 Å². The lowest BCUT2D eigenvalue weighted by Gasteiger charge is -2.18. The number of benzene rings is 2. The maximum atomic E-state index is 6.30. The molecule has 0 spiro atoms. The van der Waals surface area contributed by atoms with E-state index in [9.17, 15) is 0 Å². The highest BCUT2D eigenvalue weighted by molar-refractivity contribution is 6.34. The number of methoxy groups -OCH3 is 2. The molecular formula is C15H14Cl3NO2. The lowest BCUT2D eigenvalue weighted by Crippen LogP contribution is -2.14. The van der Waals surface area contributed by atoms with Gasteiger partial charge in [0.1, 0.15) is 11.5 Å². The van der Waals surface area contributed by atoms with Crippen LogP contribution in [0.1, 0.15) is 17.2 Å². The van der Waals surface area contributed by atoms with Gasteiger partial charge in [0.05, 0.1) is 25.3 Å². The van der Waals surface area contributed by atoms with Gasteiger partial charge in [-0.1, -0.05) is 34.8 Å². The zero-order valence-electron chi connectivity index (χ0n) is 11.5. The van der Waals surface area contributed by atoms with E-state index in [0.29, 0.717) is 32.1 Å². The molecule has 0 amide bonds. The lowest BCUT2D eigenvalue weighted by atomic mass is 9.98. The molecule has 0 aliphatic heterocycles. The standard InChI is InChI=1S/C15H14Cl3NO2/c1-20-13-4-3-8(16)5-10(13)15(19)9-6-12(18)14(21-2)7-11(9)17/h3-7,15H,19H2,1-2H3. The number of hydrogen-bond acceptors (Lipinski definition) is 3. The molecule has 1 atom stereocenters. The Labute approximate surface area is 138 Å². The Morgan fingerprint density at radius 3 is 2.14 bits per heavy atom. The second-order valence-electron chi connectivity index (χ2n) is 4.37. The van der Waals surface area contributed by atoms with E-state index in [0.717, 1.165) is 5.56 Å². The van der Waals surface area contributed by atoms with Crippen LogP contribution in [0.4, 0.5) is 0 Å². The summed E-state index contributed by atoms with van der Waals surface area (Å²) >= 11 is 18.4. The minimum absolute atomic E-state index is 0.438. The maximum Gasteiger partial charge on any atom is 0.138 e. The molecule has 1 unspecified atom stereocenters. The smallest absolute Gasteiger partial charge is 0.138 e. The third-order valence-corrected chi connectivity index (χ3v) is 3.99. The van der Waals surface area contributed by atoms with E-state index in [1.807, 2.05) is 0 Å². The molecule has 0 bridgehead atoms. The fourth-order valence-electron chi connectivity index (χ4n) is 2.05. The predicted octanol–water partition coefficient (Wildman–Crippen LogP) is 4.71. The van der Waals surface area contributed by atoms with Gasteiger partial charge in [0, 0.05) is 21.7 Å². The van der Waals surface area contributed by atoms with E-state index in [2.05, 4.69) is 0 Å². The van der Waals surface area contributed by atoms with Crippen LogP contribution >= 0.6 is 34.8 Å². The molecule has 3 nitrogen and oxygen atoms in total. The highest BCUT2D eigenvalue weighted by Crippen LogP contribution is 2.38. The Hall–Kier alpha value is -1.13. The Kier molecular flexibility index (Phi) is 5.22. The SMILES string of the molecule is COc1cc(Cl)c(C(N)c2cc(Cl)ccc2OC)cc1Cl. The largest absolute Gasteiger partial charge is 0.496 e. The molecule has 6 heteroatoms. The van der Waals surface area contributed by atoms with Crippen molar-refractivity contribution in [3.63, 3.8) is 0 Å². The van der Waals surface area contributed by atoms with Gasteiger partial charge in [0.2, 0.25) is 0 Å². The zero-order chi connectivity index (χ0) is 15.6. The van der Waals surface area contributed by atoms with Gasteiger partial charge in [-0.15, -0.1) is 0 Å². The topological polar surface area (TPSA) is 44.5 Å². The van der Waals surface area contributed by atoms with Gasteiger partial charge < -0.3 is 15.2 Å². The third-order valence-electron chi connectivity index (χ3n) is 3.13. The van der Waals surface area contributed by atoms with Crippen molar-refractivity contribution < 1.29 is 9.47 Å². The fraction of sp³-hybridized carbons (Fsp3) is 0.200. The average molecular weight is 347 g/mol. The van der Waals surface area contributed by atoms with Gasteiger partial charge in [-0.3, -0.25) is 0 Å². The first kappa shape index (κ1) is 16.2. The fourth-order valence-corrected chi connectivity index (χ4v) is 2.76. The van der Waals surface area contributed by atoms with Crippen molar-refractivity contribution in [1.82, 2.24) is 0 Å². The normalized spacial score (nSPS) is 12.1. The summed E-state index contributed by atoms with van der Waals surface area (Å²) in [6.07, 6.45) is 0. The van der Waals surface area contributed by atoms with Crippen molar-refractivity contribution >= 4 is 34.8 Å². The Morgan fingerprint density at radius 1 is 0.857 bits per heavy atom. The minimum atomic E-state index is -0.519. The summed E-state index contributed by atoms with van der Waals surface area (Å²) in [5.41, 5.74) is 7.70. The quantitative estimate of drug-likeness (QED) is 0.871. The Balaban J connectivity index is 2.52. The molecule has 0 radical (unpaired) electrons. The average Bonchev–Trinajstić information content (AvgIpc) is 2.48. The van der Waals surface area contributed by atoms with Crippen molar-refractivity contribution in [2.75, 3.05) is 14.2 Å². The van der Waals surface area contributed by atoms with Crippen LogP contribution in [0.2, 0.25) is 15.1 Å². The molecule has 21 heavy (non-hydrogen) atoms. The number of halogens is 3. The Morgan fingerprint density at radius 2 is 1.52 bits per heavy atom. The molecule has 0 saturated carbocycles. The summed E-state index contributed by atoms with van der Waals surface area (Å²) < 4.78 is 10.4. The van der Waals surface area contributed by atoms with Crippen LogP contribution in [0.15, 0.2) is 30.3 Å². The molecular weight excluding hydrogens is 333 g/mol. The Bertz CT molecular complexity index is 662.